The first-order valence-corrected chi connectivity index (χ1v) is 4.47. The van der Waals surface area contributed by atoms with Crippen LogP contribution in [0.25, 0.3) is 23.1 Å². The predicted octanol–water partition coefficient (Wildman–Crippen LogP) is 2.03. The number of furan rings is 1. The minimum Gasteiger partial charge on any atom is -0.456 e. The van der Waals surface area contributed by atoms with Gasteiger partial charge in [-0.15, -0.1) is 0 Å². The van der Waals surface area contributed by atoms with Crippen molar-refractivity contribution in [3.8, 4) is 0 Å². The first-order valence-electron chi connectivity index (χ1n) is 4.47. The van der Waals surface area contributed by atoms with Gasteiger partial charge < -0.3 is 4.42 Å². The fraction of sp³-hybridized carbons (Fsp3) is 0.167. The SMILES string of the molecule is C/C=c1\c(=C/C)oc2ccccc12. The summed E-state index contributed by atoms with van der Waals surface area (Å²) < 4.78 is 5.65. The van der Waals surface area contributed by atoms with E-state index in [1.807, 2.05) is 38.1 Å². The Kier molecular flexibility index (Phi) is 1.93. The van der Waals surface area contributed by atoms with E-state index in [0.717, 1.165) is 11.0 Å². The van der Waals surface area contributed by atoms with E-state index < -0.39 is 0 Å². The third kappa shape index (κ3) is 1.17. The molecule has 1 heteroatoms. The molecule has 1 aromatic carbocycles. The Bertz CT molecular complexity index is 532. The van der Waals surface area contributed by atoms with Gasteiger partial charge in [-0.1, -0.05) is 24.3 Å². The highest BCUT2D eigenvalue weighted by atomic mass is 16.3. The highest BCUT2D eigenvalue weighted by Gasteiger charge is 1.98. The summed E-state index contributed by atoms with van der Waals surface area (Å²) in [7, 11) is 0. The van der Waals surface area contributed by atoms with Crippen LogP contribution in [0.3, 0.4) is 0 Å². The van der Waals surface area contributed by atoms with Gasteiger partial charge in [0.15, 0.2) is 0 Å². The van der Waals surface area contributed by atoms with Gasteiger partial charge in [-0.2, -0.15) is 0 Å². The molecule has 0 spiro atoms. The number of hydrogen-bond acceptors (Lipinski definition) is 1. The van der Waals surface area contributed by atoms with Crippen LogP contribution in [0.4, 0.5) is 0 Å². The van der Waals surface area contributed by atoms with Crippen LogP contribution in [0.2, 0.25) is 0 Å². The highest BCUT2D eigenvalue weighted by Crippen LogP contribution is 2.06. The van der Waals surface area contributed by atoms with Gasteiger partial charge >= 0.3 is 0 Å². The highest BCUT2D eigenvalue weighted by molar-refractivity contribution is 5.78. The standard InChI is InChI=1S/C12H12O/c1-3-9-10-7-5-6-8-12(10)13-11(9)4-2/h3-8H,1-2H3/b9-3-,11-4+. The van der Waals surface area contributed by atoms with E-state index in [4.69, 9.17) is 4.42 Å². The second-order valence-corrected chi connectivity index (χ2v) is 2.95. The molecule has 0 saturated heterocycles. The molecule has 2 rings (SSSR count). The zero-order chi connectivity index (χ0) is 9.26. The lowest BCUT2D eigenvalue weighted by Crippen LogP contribution is -2.18. The molecule has 0 N–H and O–H groups in total. The molecule has 1 heterocycles. The predicted molar refractivity (Wildman–Crippen MR) is 55.7 cm³/mol. The Morgan fingerprint density at radius 3 is 2.54 bits per heavy atom. The lowest BCUT2D eigenvalue weighted by Gasteiger charge is -1.82. The summed E-state index contributed by atoms with van der Waals surface area (Å²) in [5, 5.41) is 2.39. The molecule has 0 aliphatic carbocycles. The molecule has 0 atom stereocenters. The van der Waals surface area contributed by atoms with Crippen LogP contribution in [0.15, 0.2) is 28.7 Å². The molecule has 66 valence electrons. The number of rotatable bonds is 0. The van der Waals surface area contributed by atoms with Crippen LogP contribution >= 0.6 is 0 Å². The molecular weight excluding hydrogens is 160 g/mol. The molecule has 0 saturated carbocycles. The van der Waals surface area contributed by atoms with Crippen molar-refractivity contribution < 1.29 is 4.42 Å². The summed E-state index contributed by atoms with van der Waals surface area (Å²) in [6, 6.07) is 8.10. The van der Waals surface area contributed by atoms with Crippen molar-refractivity contribution >= 4 is 23.1 Å². The summed E-state index contributed by atoms with van der Waals surface area (Å²) in [6.07, 6.45) is 4.08. The zero-order valence-corrected chi connectivity index (χ0v) is 7.87. The molecule has 13 heavy (non-hydrogen) atoms. The molecule has 0 radical (unpaired) electrons. The van der Waals surface area contributed by atoms with Crippen molar-refractivity contribution in [3.63, 3.8) is 0 Å². The van der Waals surface area contributed by atoms with Gasteiger partial charge in [-0.25, -0.2) is 0 Å². The number of benzene rings is 1. The second kappa shape index (κ2) is 3.09. The molecule has 1 aromatic heterocycles. The van der Waals surface area contributed by atoms with Crippen LogP contribution in [0, 0.1) is 0 Å². The van der Waals surface area contributed by atoms with Crippen LogP contribution in [0.5, 0.6) is 0 Å². The Morgan fingerprint density at radius 2 is 1.85 bits per heavy atom. The second-order valence-electron chi connectivity index (χ2n) is 2.95. The topological polar surface area (TPSA) is 13.1 Å². The molecule has 0 bridgehead atoms. The minimum absolute atomic E-state index is 0.962. The molecule has 0 amide bonds. The maximum Gasteiger partial charge on any atom is 0.135 e. The molecular formula is C12H12O. The third-order valence-corrected chi connectivity index (χ3v) is 2.21. The lowest BCUT2D eigenvalue weighted by molar-refractivity contribution is 0.575. The zero-order valence-electron chi connectivity index (χ0n) is 7.87. The van der Waals surface area contributed by atoms with Gasteiger partial charge in [-0.3, -0.25) is 0 Å². The summed E-state index contributed by atoms with van der Waals surface area (Å²) in [5.74, 6) is 0. The smallest absolute Gasteiger partial charge is 0.135 e. The number of fused-ring (bicyclic) bond motifs is 1. The van der Waals surface area contributed by atoms with E-state index in [9.17, 15) is 0 Å². The van der Waals surface area contributed by atoms with E-state index in [1.165, 1.54) is 10.6 Å². The van der Waals surface area contributed by atoms with E-state index in [0.29, 0.717) is 0 Å². The average Bonchev–Trinajstić information content (AvgIpc) is 2.55. The van der Waals surface area contributed by atoms with Crippen molar-refractivity contribution in [2.45, 2.75) is 13.8 Å². The minimum atomic E-state index is 0.962. The van der Waals surface area contributed by atoms with Gasteiger partial charge in [0.25, 0.3) is 0 Å². The molecule has 0 unspecified atom stereocenters. The quantitative estimate of drug-likeness (QED) is 0.592. The van der Waals surface area contributed by atoms with Crippen molar-refractivity contribution in [1.82, 2.24) is 0 Å². The van der Waals surface area contributed by atoms with Crippen LogP contribution < -0.4 is 10.6 Å². The van der Waals surface area contributed by atoms with Gasteiger partial charge in [0.05, 0.1) is 0 Å². The van der Waals surface area contributed by atoms with E-state index in [1.54, 1.807) is 0 Å². The summed E-state index contributed by atoms with van der Waals surface area (Å²) in [4.78, 5) is 0. The largest absolute Gasteiger partial charge is 0.456 e. The molecule has 1 nitrogen and oxygen atoms in total. The fourth-order valence-electron chi connectivity index (χ4n) is 1.60. The van der Waals surface area contributed by atoms with Gasteiger partial charge in [-0.05, 0) is 26.0 Å². The van der Waals surface area contributed by atoms with Gasteiger partial charge in [0.1, 0.15) is 11.0 Å². The average molecular weight is 172 g/mol. The lowest BCUT2D eigenvalue weighted by atomic mass is 10.2. The third-order valence-electron chi connectivity index (χ3n) is 2.21. The Hall–Kier alpha value is -1.50. The molecule has 0 fully saturated rings. The Morgan fingerprint density at radius 1 is 1.08 bits per heavy atom. The van der Waals surface area contributed by atoms with E-state index in [-0.39, 0.29) is 0 Å². The first kappa shape index (κ1) is 8.11. The van der Waals surface area contributed by atoms with Crippen molar-refractivity contribution in [2.75, 3.05) is 0 Å². The van der Waals surface area contributed by atoms with Crippen LogP contribution in [0.1, 0.15) is 13.8 Å². The van der Waals surface area contributed by atoms with Crippen molar-refractivity contribution in [3.05, 3.63) is 34.9 Å². The van der Waals surface area contributed by atoms with Crippen molar-refractivity contribution in [1.29, 1.82) is 0 Å². The maximum atomic E-state index is 5.65. The molecule has 0 aliphatic heterocycles. The van der Waals surface area contributed by atoms with Crippen LogP contribution in [-0.2, 0) is 0 Å². The monoisotopic (exact) mass is 172 g/mol. The van der Waals surface area contributed by atoms with Crippen molar-refractivity contribution in [2.24, 2.45) is 0 Å². The van der Waals surface area contributed by atoms with Crippen LogP contribution in [-0.4, -0.2) is 0 Å². The van der Waals surface area contributed by atoms with E-state index in [2.05, 4.69) is 12.1 Å². The molecule has 2 aromatic rings. The summed E-state index contributed by atoms with van der Waals surface area (Å²) >= 11 is 0. The maximum absolute atomic E-state index is 5.65. The van der Waals surface area contributed by atoms with E-state index >= 15 is 0 Å². The van der Waals surface area contributed by atoms with Gasteiger partial charge in [0.2, 0.25) is 0 Å². The Labute approximate surface area is 77.0 Å². The number of hydrogen-bond donors (Lipinski definition) is 0. The normalized spacial score (nSPS) is 14.3. The number of para-hydroxylation sites is 1. The first-order chi connectivity index (χ1) is 6.36. The Balaban J connectivity index is 3.08. The molecule has 0 aliphatic rings. The van der Waals surface area contributed by atoms with Gasteiger partial charge in [0, 0.05) is 10.6 Å². The summed E-state index contributed by atoms with van der Waals surface area (Å²) in [6.45, 7) is 4.02. The summed E-state index contributed by atoms with van der Waals surface area (Å²) in [5.41, 5.74) is 1.92. The fourth-order valence-corrected chi connectivity index (χ4v) is 1.60.